The highest BCUT2D eigenvalue weighted by Crippen LogP contribution is 2.24. The first-order chi connectivity index (χ1) is 9.65. The highest BCUT2D eigenvalue weighted by atomic mass is 35.5. The van der Waals surface area contributed by atoms with Crippen LogP contribution in [0.1, 0.15) is 31.4 Å². The molecular formula is C16H26ClN3. The van der Waals surface area contributed by atoms with Crippen LogP contribution >= 0.6 is 11.6 Å². The summed E-state index contributed by atoms with van der Waals surface area (Å²) in [7, 11) is 2.17. The van der Waals surface area contributed by atoms with Crippen molar-refractivity contribution in [2.45, 2.75) is 31.8 Å². The lowest BCUT2D eigenvalue weighted by atomic mass is 10.0. The van der Waals surface area contributed by atoms with Crippen molar-refractivity contribution in [3.8, 4) is 0 Å². The number of nitrogens with two attached hydrogens (primary N) is 1. The minimum atomic E-state index is 0.244. The van der Waals surface area contributed by atoms with E-state index in [0.29, 0.717) is 12.6 Å². The van der Waals surface area contributed by atoms with E-state index in [1.165, 1.54) is 24.9 Å². The summed E-state index contributed by atoms with van der Waals surface area (Å²) in [5.41, 5.74) is 7.21. The van der Waals surface area contributed by atoms with Crippen LogP contribution in [0, 0.1) is 0 Å². The Morgan fingerprint density at radius 2 is 2.30 bits per heavy atom. The van der Waals surface area contributed by atoms with Gasteiger partial charge in [0.05, 0.1) is 0 Å². The first kappa shape index (κ1) is 15.8. The highest BCUT2D eigenvalue weighted by Gasteiger charge is 2.26. The second-order valence-electron chi connectivity index (χ2n) is 5.67. The van der Waals surface area contributed by atoms with Crippen LogP contribution in [0.2, 0.25) is 5.02 Å². The second kappa shape index (κ2) is 7.41. The lowest BCUT2D eigenvalue weighted by Gasteiger charge is -2.33. The summed E-state index contributed by atoms with van der Waals surface area (Å²) in [5, 5.41) is 0.783. The minimum absolute atomic E-state index is 0.244. The average Bonchev–Trinajstić information content (AvgIpc) is 2.87. The third kappa shape index (κ3) is 3.73. The molecule has 112 valence electrons. The van der Waals surface area contributed by atoms with Gasteiger partial charge in [0.15, 0.2) is 0 Å². The number of nitrogens with zero attached hydrogens (tertiary/aromatic N) is 2. The van der Waals surface area contributed by atoms with Crippen LogP contribution < -0.4 is 5.73 Å². The molecule has 0 aliphatic carbocycles. The van der Waals surface area contributed by atoms with Gasteiger partial charge in [-0.25, -0.2) is 0 Å². The fraction of sp³-hybridized carbons (Fsp3) is 0.625. The topological polar surface area (TPSA) is 32.5 Å². The van der Waals surface area contributed by atoms with Gasteiger partial charge in [0.1, 0.15) is 0 Å². The van der Waals surface area contributed by atoms with Crippen molar-refractivity contribution >= 4 is 11.6 Å². The summed E-state index contributed by atoms with van der Waals surface area (Å²) in [6, 6.07) is 8.97. The molecule has 0 radical (unpaired) electrons. The molecule has 4 heteroatoms. The van der Waals surface area contributed by atoms with Gasteiger partial charge in [-0.3, -0.25) is 9.80 Å². The molecule has 0 bridgehead atoms. The highest BCUT2D eigenvalue weighted by molar-refractivity contribution is 6.30. The molecule has 0 aromatic heterocycles. The number of hydrogen-bond acceptors (Lipinski definition) is 3. The average molecular weight is 296 g/mol. The van der Waals surface area contributed by atoms with Crippen LogP contribution in [0.4, 0.5) is 0 Å². The fourth-order valence-corrected chi connectivity index (χ4v) is 3.46. The van der Waals surface area contributed by atoms with Gasteiger partial charge >= 0.3 is 0 Å². The van der Waals surface area contributed by atoms with E-state index in [1.807, 2.05) is 18.2 Å². The van der Waals surface area contributed by atoms with Gasteiger partial charge in [-0.15, -0.1) is 0 Å². The Morgan fingerprint density at radius 1 is 1.50 bits per heavy atom. The van der Waals surface area contributed by atoms with E-state index in [9.17, 15) is 0 Å². The standard InChI is InChI=1S/C16H26ClN3/c1-3-20-9-5-8-15(20)12-19(2)16(11-18)13-6-4-7-14(17)10-13/h4,6-7,10,15-16H,3,5,8-9,11-12,18H2,1-2H3. The first-order valence-corrected chi connectivity index (χ1v) is 7.93. The molecule has 0 amide bonds. The Kier molecular flexibility index (Phi) is 5.85. The molecule has 1 aliphatic rings. The molecule has 1 aromatic carbocycles. The van der Waals surface area contributed by atoms with E-state index in [2.05, 4.69) is 29.8 Å². The van der Waals surface area contributed by atoms with Crippen LogP contribution in [-0.2, 0) is 0 Å². The molecule has 2 N–H and O–H groups in total. The maximum absolute atomic E-state index is 6.10. The quantitative estimate of drug-likeness (QED) is 0.876. The van der Waals surface area contributed by atoms with Crippen LogP contribution in [0.3, 0.4) is 0 Å². The zero-order chi connectivity index (χ0) is 14.5. The van der Waals surface area contributed by atoms with Crippen molar-refractivity contribution in [3.63, 3.8) is 0 Å². The third-order valence-electron chi connectivity index (χ3n) is 4.39. The maximum atomic E-state index is 6.10. The first-order valence-electron chi connectivity index (χ1n) is 7.55. The lowest BCUT2D eigenvalue weighted by Crippen LogP contribution is -2.41. The van der Waals surface area contributed by atoms with E-state index in [4.69, 9.17) is 17.3 Å². The molecule has 2 atom stereocenters. The summed E-state index contributed by atoms with van der Waals surface area (Å²) >= 11 is 6.10. The minimum Gasteiger partial charge on any atom is -0.329 e. The Labute approximate surface area is 127 Å². The molecule has 1 heterocycles. The monoisotopic (exact) mass is 295 g/mol. The zero-order valence-corrected chi connectivity index (χ0v) is 13.3. The predicted octanol–water partition coefficient (Wildman–Crippen LogP) is 2.76. The van der Waals surface area contributed by atoms with Crippen molar-refractivity contribution in [3.05, 3.63) is 34.9 Å². The number of rotatable bonds is 6. The smallest absolute Gasteiger partial charge is 0.0468 e. The largest absolute Gasteiger partial charge is 0.329 e. The molecule has 3 nitrogen and oxygen atoms in total. The van der Waals surface area contributed by atoms with Crippen molar-refractivity contribution in [2.24, 2.45) is 5.73 Å². The molecule has 2 unspecified atom stereocenters. The van der Waals surface area contributed by atoms with Gasteiger partial charge < -0.3 is 5.73 Å². The summed E-state index contributed by atoms with van der Waals surface area (Å²) in [5.74, 6) is 0. The van der Waals surface area contributed by atoms with Gasteiger partial charge in [-0.2, -0.15) is 0 Å². The maximum Gasteiger partial charge on any atom is 0.0468 e. The summed E-state index contributed by atoms with van der Waals surface area (Å²) < 4.78 is 0. The molecule has 1 aliphatic heterocycles. The van der Waals surface area contributed by atoms with E-state index in [-0.39, 0.29) is 6.04 Å². The Hall–Kier alpha value is -0.610. The molecule has 20 heavy (non-hydrogen) atoms. The summed E-state index contributed by atoms with van der Waals surface area (Å²) in [6.45, 7) is 6.32. The zero-order valence-electron chi connectivity index (χ0n) is 12.6. The molecule has 1 saturated heterocycles. The number of likely N-dealkylation sites (N-methyl/N-ethyl adjacent to an activating group) is 2. The number of halogens is 1. The SMILES string of the molecule is CCN1CCCC1CN(C)C(CN)c1cccc(Cl)c1. The Bertz CT molecular complexity index is 424. The van der Waals surface area contributed by atoms with Crippen molar-refractivity contribution in [1.82, 2.24) is 9.80 Å². The molecule has 0 spiro atoms. The fourth-order valence-electron chi connectivity index (χ4n) is 3.26. The molecule has 0 saturated carbocycles. The van der Waals surface area contributed by atoms with E-state index in [0.717, 1.165) is 18.1 Å². The van der Waals surface area contributed by atoms with Crippen molar-refractivity contribution in [2.75, 3.05) is 33.2 Å². The molecule has 1 aromatic rings. The van der Waals surface area contributed by atoms with Gasteiger partial charge in [0, 0.05) is 30.2 Å². The van der Waals surface area contributed by atoms with Gasteiger partial charge in [0.25, 0.3) is 0 Å². The van der Waals surface area contributed by atoms with E-state index >= 15 is 0 Å². The van der Waals surface area contributed by atoms with Crippen LogP contribution in [-0.4, -0.2) is 49.1 Å². The van der Waals surface area contributed by atoms with Gasteiger partial charge in [-0.05, 0) is 50.7 Å². The van der Waals surface area contributed by atoms with Crippen LogP contribution in [0.25, 0.3) is 0 Å². The van der Waals surface area contributed by atoms with Gasteiger partial charge in [-0.1, -0.05) is 30.7 Å². The van der Waals surface area contributed by atoms with Crippen molar-refractivity contribution in [1.29, 1.82) is 0 Å². The van der Waals surface area contributed by atoms with Gasteiger partial charge in [0.2, 0.25) is 0 Å². The van der Waals surface area contributed by atoms with E-state index in [1.54, 1.807) is 0 Å². The van der Waals surface area contributed by atoms with E-state index < -0.39 is 0 Å². The molecule has 2 rings (SSSR count). The summed E-state index contributed by atoms with van der Waals surface area (Å²) in [4.78, 5) is 4.95. The van der Waals surface area contributed by atoms with Crippen molar-refractivity contribution < 1.29 is 0 Å². The number of benzene rings is 1. The lowest BCUT2D eigenvalue weighted by molar-refractivity contribution is 0.166. The molecular weight excluding hydrogens is 270 g/mol. The predicted molar refractivity (Wildman–Crippen MR) is 86.1 cm³/mol. The third-order valence-corrected chi connectivity index (χ3v) is 4.63. The molecule has 1 fully saturated rings. The summed E-state index contributed by atoms with van der Waals surface area (Å²) in [6.07, 6.45) is 2.61. The second-order valence-corrected chi connectivity index (χ2v) is 6.11. The number of hydrogen-bond donors (Lipinski definition) is 1. The number of likely N-dealkylation sites (tertiary alicyclic amines) is 1. The van der Waals surface area contributed by atoms with Crippen LogP contribution in [0.15, 0.2) is 24.3 Å². The normalized spacial score (nSPS) is 21.6. The Balaban J connectivity index is 2.03. The Morgan fingerprint density at radius 3 is 2.95 bits per heavy atom. The van der Waals surface area contributed by atoms with Crippen LogP contribution in [0.5, 0.6) is 0 Å².